The van der Waals surface area contributed by atoms with Gasteiger partial charge in [-0.2, -0.15) is 0 Å². The first-order valence-electron chi connectivity index (χ1n) is 11.0. The Hall–Kier alpha value is -1.00. The van der Waals surface area contributed by atoms with Gasteiger partial charge in [0.2, 0.25) is 0 Å². The van der Waals surface area contributed by atoms with Gasteiger partial charge in [0.1, 0.15) is 30.2 Å². The predicted molar refractivity (Wildman–Crippen MR) is 120 cm³/mol. The van der Waals surface area contributed by atoms with Crippen LogP contribution in [0.5, 0.6) is 5.75 Å². The number of rotatable bonds is 7. The van der Waals surface area contributed by atoms with Gasteiger partial charge >= 0.3 is 0 Å². The fourth-order valence-electron chi connectivity index (χ4n) is 3.69. The van der Waals surface area contributed by atoms with Crippen molar-refractivity contribution in [1.82, 2.24) is 0 Å². The highest BCUT2D eigenvalue weighted by Gasteiger charge is 2.54. The molecule has 31 heavy (non-hydrogen) atoms. The molecule has 0 amide bonds. The van der Waals surface area contributed by atoms with Gasteiger partial charge in [-0.15, -0.1) is 0 Å². The number of methoxy groups -OCH3 is 2. The Morgan fingerprint density at radius 1 is 1.03 bits per heavy atom. The molecule has 8 heteroatoms. The number of hydrogen-bond acceptors (Lipinski definition) is 7. The third-order valence-electron chi connectivity index (χ3n) is 6.50. The molecule has 6 atom stereocenters. The van der Waals surface area contributed by atoms with Gasteiger partial charge in [0.15, 0.2) is 20.9 Å². The van der Waals surface area contributed by atoms with E-state index in [0.717, 1.165) is 11.3 Å². The summed E-state index contributed by atoms with van der Waals surface area (Å²) in [5, 5.41) is 0.0423. The van der Waals surface area contributed by atoms with Crippen molar-refractivity contribution in [3.05, 3.63) is 29.8 Å². The summed E-state index contributed by atoms with van der Waals surface area (Å²) in [5.41, 5.74) is 0.923. The molecule has 2 aliphatic heterocycles. The van der Waals surface area contributed by atoms with Gasteiger partial charge in [0, 0.05) is 19.3 Å². The van der Waals surface area contributed by atoms with Gasteiger partial charge in [-0.3, -0.25) is 0 Å². The normalized spacial score (nSPS) is 31.9. The van der Waals surface area contributed by atoms with Gasteiger partial charge in [-0.05, 0) is 37.2 Å². The first-order chi connectivity index (χ1) is 14.6. The minimum Gasteiger partial charge on any atom is -0.497 e. The second-order valence-electron chi connectivity index (χ2n) is 9.58. The average Bonchev–Trinajstić information content (AvgIpc) is 2.74. The van der Waals surface area contributed by atoms with Crippen LogP contribution in [0.4, 0.5) is 0 Å². The monoisotopic (exact) mass is 454 g/mol. The van der Waals surface area contributed by atoms with Crippen LogP contribution in [0, 0.1) is 0 Å². The zero-order valence-corrected chi connectivity index (χ0v) is 21.0. The van der Waals surface area contributed by atoms with Crippen molar-refractivity contribution in [3.8, 4) is 5.75 Å². The standard InChI is InChI=1S/C23H38O7Si/c1-9-26-20-19(30-31(7,8)23(2,3)4)18-17(28-22(20)25-6)14-27-21(29-18)15-10-12-16(24-5)13-11-15/h10-13,17-22H,9,14H2,1-8H3/t17-,18-,19+,20+,21?,22+/m1/s1. The van der Waals surface area contributed by atoms with E-state index >= 15 is 0 Å². The molecule has 0 spiro atoms. The summed E-state index contributed by atoms with van der Waals surface area (Å²) in [6.07, 6.45) is -2.40. The molecule has 1 unspecified atom stereocenters. The van der Waals surface area contributed by atoms with Crippen molar-refractivity contribution in [2.24, 2.45) is 0 Å². The lowest BCUT2D eigenvalue weighted by Crippen LogP contribution is -2.66. The topological polar surface area (TPSA) is 64.6 Å². The van der Waals surface area contributed by atoms with Gasteiger partial charge < -0.3 is 32.8 Å². The Morgan fingerprint density at radius 2 is 1.71 bits per heavy atom. The Labute approximate surface area is 187 Å². The first-order valence-corrected chi connectivity index (χ1v) is 13.9. The molecule has 0 aliphatic carbocycles. The summed E-state index contributed by atoms with van der Waals surface area (Å²) in [6.45, 7) is 14.0. The maximum Gasteiger partial charge on any atom is 0.192 e. The van der Waals surface area contributed by atoms with E-state index in [4.69, 9.17) is 32.8 Å². The Bertz CT molecular complexity index is 703. The number of fused-ring (bicyclic) bond motifs is 1. The molecule has 176 valence electrons. The fraction of sp³-hybridized carbons (Fsp3) is 0.739. The van der Waals surface area contributed by atoms with Crippen LogP contribution in [0.1, 0.15) is 39.5 Å². The molecule has 2 fully saturated rings. The van der Waals surface area contributed by atoms with Crippen LogP contribution >= 0.6 is 0 Å². The SMILES string of the molecule is CCO[C@@H]1[C@@H](OC)O[C@@H]2COC(c3ccc(OC)cc3)O[C@H]2[C@@H]1O[Si](C)(C)C(C)(C)C. The molecular weight excluding hydrogens is 416 g/mol. The van der Waals surface area contributed by atoms with Crippen LogP contribution in [0.25, 0.3) is 0 Å². The van der Waals surface area contributed by atoms with E-state index in [2.05, 4.69) is 33.9 Å². The Balaban J connectivity index is 1.89. The molecule has 2 saturated heterocycles. The first kappa shape index (κ1) is 24.6. The lowest BCUT2D eigenvalue weighted by Gasteiger charge is -2.51. The Morgan fingerprint density at radius 3 is 2.26 bits per heavy atom. The highest BCUT2D eigenvalue weighted by atomic mass is 28.4. The maximum absolute atomic E-state index is 6.88. The summed E-state index contributed by atoms with van der Waals surface area (Å²) >= 11 is 0. The lowest BCUT2D eigenvalue weighted by molar-refractivity contribution is -0.360. The van der Waals surface area contributed by atoms with Crippen LogP contribution in [-0.4, -0.2) is 66.5 Å². The zero-order chi connectivity index (χ0) is 22.8. The largest absolute Gasteiger partial charge is 0.497 e. The fourth-order valence-corrected chi connectivity index (χ4v) is 4.99. The third kappa shape index (κ3) is 5.33. The highest BCUT2D eigenvalue weighted by molar-refractivity contribution is 6.74. The van der Waals surface area contributed by atoms with Crippen LogP contribution in [0.2, 0.25) is 18.1 Å². The van der Waals surface area contributed by atoms with Crippen molar-refractivity contribution in [2.45, 2.75) is 82.8 Å². The quantitative estimate of drug-likeness (QED) is 0.570. The summed E-state index contributed by atoms with van der Waals surface area (Å²) in [7, 11) is 1.15. The smallest absolute Gasteiger partial charge is 0.192 e. The van der Waals surface area contributed by atoms with Crippen molar-refractivity contribution in [3.63, 3.8) is 0 Å². The number of ether oxygens (including phenoxy) is 6. The average molecular weight is 455 g/mol. The third-order valence-corrected chi connectivity index (χ3v) is 11.0. The molecule has 2 heterocycles. The molecule has 1 aromatic rings. The molecule has 3 rings (SSSR count). The summed E-state index contributed by atoms with van der Waals surface area (Å²) in [6, 6.07) is 7.71. The van der Waals surface area contributed by atoms with E-state index < -0.39 is 20.9 Å². The summed E-state index contributed by atoms with van der Waals surface area (Å²) < 4.78 is 42.5. The minimum absolute atomic E-state index is 0.0423. The van der Waals surface area contributed by atoms with Crippen LogP contribution in [0.3, 0.4) is 0 Å². The summed E-state index contributed by atoms with van der Waals surface area (Å²) in [4.78, 5) is 0. The minimum atomic E-state index is -2.12. The van der Waals surface area contributed by atoms with E-state index in [1.165, 1.54) is 0 Å². The van der Waals surface area contributed by atoms with Crippen LogP contribution < -0.4 is 4.74 Å². The number of benzene rings is 1. The van der Waals surface area contributed by atoms with Crippen molar-refractivity contribution < 1.29 is 32.8 Å². The Kier molecular flexibility index (Phi) is 7.84. The molecule has 2 aliphatic rings. The molecule has 1 aromatic carbocycles. The van der Waals surface area contributed by atoms with Gasteiger partial charge in [-0.25, -0.2) is 0 Å². The second-order valence-corrected chi connectivity index (χ2v) is 14.3. The van der Waals surface area contributed by atoms with Crippen molar-refractivity contribution in [1.29, 1.82) is 0 Å². The predicted octanol–water partition coefficient (Wildman–Crippen LogP) is 4.28. The van der Waals surface area contributed by atoms with E-state index in [-0.39, 0.29) is 29.5 Å². The molecule has 7 nitrogen and oxygen atoms in total. The molecule has 0 bridgehead atoms. The van der Waals surface area contributed by atoms with Crippen LogP contribution in [-0.2, 0) is 28.1 Å². The molecule has 0 saturated carbocycles. The van der Waals surface area contributed by atoms with Gasteiger partial charge in [0.25, 0.3) is 0 Å². The van der Waals surface area contributed by atoms with Crippen molar-refractivity contribution >= 4 is 8.32 Å². The second kappa shape index (κ2) is 9.87. The summed E-state index contributed by atoms with van der Waals surface area (Å²) in [5.74, 6) is 0.789. The maximum atomic E-state index is 6.88. The van der Waals surface area contributed by atoms with Crippen LogP contribution in [0.15, 0.2) is 24.3 Å². The van der Waals surface area contributed by atoms with Gasteiger partial charge in [0.05, 0.1) is 13.7 Å². The number of hydrogen-bond donors (Lipinski definition) is 0. The highest BCUT2D eigenvalue weighted by Crippen LogP contribution is 2.42. The van der Waals surface area contributed by atoms with E-state index in [9.17, 15) is 0 Å². The molecular formula is C23H38O7Si. The van der Waals surface area contributed by atoms with E-state index in [1.54, 1.807) is 14.2 Å². The lowest BCUT2D eigenvalue weighted by atomic mass is 9.97. The molecule has 0 N–H and O–H groups in total. The van der Waals surface area contributed by atoms with E-state index in [0.29, 0.717) is 13.2 Å². The van der Waals surface area contributed by atoms with Crippen molar-refractivity contribution in [2.75, 3.05) is 27.4 Å². The molecule has 0 aromatic heterocycles. The zero-order valence-electron chi connectivity index (χ0n) is 20.0. The van der Waals surface area contributed by atoms with Gasteiger partial charge in [-0.1, -0.05) is 32.9 Å². The van der Waals surface area contributed by atoms with E-state index in [1.807, 2.05) is 31.2 Å². The molecule has 0 radical (unpaired) electrons.